The highest BCUT2D eigenvalue weighted by Gasteiger charge is 2.17. The molecule has 120 valence electrons. The number of aromatic nitrogens is 3. The third kappa shape index (κ3) is 2.48. The second-order valence-electron chi connectivity index (χ2n) is 7.00. The highest BCUT2D eigenvalue weighted by atomic mass is 16.1. The number of aromatic amines is 1. The van der Waals surface area contributed by atoms with Crippen LogP contribution >= 0.6 is 0 Å². The monoisotopic (exact) mass is 318 g/mol. The Kier molecular flexibility index (Phi) is 3.06. The van der Waals surface area contributed by atoms with Crippen LogP contribution in [-0.2, 0) is 0 Å². The zero-order valence-electron chi connectivity index (χ0n) is 13.8. The lowest BCUT2D eigenvalue weighted by molar-refractivity contribution is 0.0919. The Morgan fingerprint density at radius 2 is 1.75 bits per heavy atom. The highest BCUT2D eigenvalue weighted by Crippen LogP contribution is 2.25. The molecular weight excluding hydrogens is 300 g/mol. The molecule has 0 atom stereocenters. The molecule has 2 aromatic carbocycles. The van der Waals surface area contributed by atoms with Gasteiger partial charge in [0.25, 0.3) is 5.91 Å². The number of hydrogen-bond donors (Lipinski definition) is 2. The standard InChI is InChI=1S/C19H18N4O/c1-19(2,3)23-18(24)11-8-9-13-12(10-11)16-17(21-13)22-15-7-5-4-6-14(15)20-16/h4-10H,1-3H3,(H,21,22)(H,23,24). The molecule has 0 spiro atoms. The Bertz CT molecular complexity index is 1090. The summed E-state index contributed by atoms with van der Waals surface area (Å²) in [5.74, 6) is -0.0903. The van der Waals surface area contributed by atoms with Crippen molar-refractivity contribution in [2.75, 3.05) is 0 Å². The fourth-order valence-electron chi connectivity index (χ4n) is 2.81. The summed E-state index contributed by atoms with van der Waals surface area (Å²) in [4.78, 5) is 25.0. The van der Waals surface area contributed by atoms with Crippen molar-refractivity contribution in [2.45, 2.75) is 26.3 Å². The average molecular weight is 318 g/mol. The number of hydrogen-bond acceptors (Lipinski definition) is 3. The van der Waals surface area contributed by atoms with Crippen molar-refractivity contribution >= 4 is 39.0 Å². The number of amides is 1. The molecule has 0 aliphatic heterocycles. The first-order valence-corrected chi connectivity index (χ1v) is 7.91. The van der Waals surface area contributed by atoms with Crippen LogP contribution in [0.15, 0.2) is 42.5 Å². The number of carbonyl (C=O) groups excluding carboxylic acids is 1. The average Bonchev–Trinajstić information content (AvgIpc) is 2.87. The molecule has 2 N–H and O–H groups in total. The van der Waals surface area contributed by atoms with E-state index in [4.69, 9.17) is 4.98 Å². The third-order valence-corrected chi connectivity index (χ3v) is 3.85. The lowest BCUT2D eigenvalue weighted by atomic mass is 10.1. The topological polar surface area (TPSA) is 70.7 Å². The molecular formula is C19H18N4O. The largest absolute Gasteiger partial charge is 0.347 e. The van der Waals surface area contributed by atoms with E-state index in [-0.39, 0.29) is 11.4 Å². The molecule has 0 saturated carbocycles. The summed E-state index contributed by atoms with van der Waals surface area (Å²) in [7, 11) is 0. The summed E-state index contributed by atoms with van der Waals surface area (Å²) in [5.41, 5.74) is 4.48. The summed E-state index contributed by atoms with van der Waals surface area (Å²) >= 11 is 0. The summed E-state index contributed by atoms with van der Waals surface area (Å²) in [6.07, 6.45) is 0. The van der Waals surface area contributed by atoms with Crippen molar-refractivity contribution < 1.29 is 4.79 Å². The second-order valence-corrected chi connectivity index (χ2v) is 7.00. The number of carbonyl (C=O) groups is 1. The molecule has 4 aromatic rings. The minimum atomic E-state index is -0.276. The Hall–Kier alpha value is -2.95. The molecule has 2 aromatic heterocycles. The van der Waals surface area contributed by atoms with E-state index in [1.165, 1.54) is 0 Å². The van der Waals surface area contributed by atoms with Gasteiger partial charge >= 0.3 is 0 Å². The van der Waals surface area contributed by atoms with E-state index in [9.17, 15) is 4.79 Å². The maximum Gasteiger partial charge on any atom is 0.251 e. The Morgan fingerprint density at radius 1 is 1.04 bits per heavy atom. The summed E-state index contributed by atoms with van der Waals surface area (Å²) in [5, 5.41) is 3.89. The SMILES string of the molecule is CC(C)(C)NC(=O)c1ccc2[nH]c3nc4ccccc4nc3c2c1. The van der Waals surface area contributed by atoms with E-state index >= 15 is 0 Å². The van der Waals surface area contributed by atoms with Crippen LogP contribution in [0.4, 0.5) is 0 Å². The molecule has 1 amide bonds. The Labute approximate surface area is 139 Å². The van der Waals surface area contributed by atoms with Crippen LogP contribution in [0.25, 0.3) is 33.1 Å². The molecule has 4 rings (SSSR count). The van der Waals surface area contributed by atoms with Crippen molar-refractivity contribution in [3.8, 4) is 0 Å². The van der Waals surface area contributed by atoms with Gasteiger partial charge in [-0.05, 0) is 51.1 Å². The lowest BCUT2D eigenvalue weighted by Crippen LogP contribution is -2.40. The minimum Gasteiger partial charge on any atom is -0.347 e. The van der Waals surface area contributed by atoms with Crippen LogP contribution in [-0.4, -0.2) is 26.4 Å². The van der Waals surface area contributed by atoms with E-state index in [0.29, 0.717) is 5.56 Å². The zero-order chi connectivity index (χ0) is 16.9. The number of H-pyrrole nitrogens is 1. The van der Waals surface area contributed by atoms with Gasteiger partial charge in [-0.15, -0.1) is 0 Å². The Balaban J connectivity index is 1.90. The first-order chi connectivity index (χ1) is 11.4. The van der Waals surface area contributed by atoms with Crippen LogP contribution in [0.5, 0.6) is 0 Å². The van der Waals surface area contributed by atoms with Gasteiger partial charge in [0.05, 0.1) is 11.0 Å². The number of nitrogens with zero attached hydrogens (tertiary/aromatic N) is 2. The predicted octanol–water partition coefficient (Wildman–Crippen LogP) is 3.79. The number of fused-ring (bicyclic) bond motifs is 4. The molecule has 0 fully saturated rings. The summed E-state index contributed by atoms with van der Waals surface area (Å²) in [6.45, 7) is 5.90. The maximum atomic E-state index is 12.4. The van der Waals surface area contributed by atoms with Crippen LogP contribution in [0.2, 0.25) is 0 Å². The van der Waals surface area contributed by atoms with Gasteiger partial charge < -0.3 is 10.3 Å². The van der Waals surface area contributed by atoms with E-state index in [1.807, 2.05) is 63.2 Å². The van der Waals surface area contributed by atoms with E-state index in [0.717, 1.165) is 33.1 Å². The third-order valence-electron chi connectivity index (χ3n) is 3.85. The van der Waals surface area contributed by atoms with Crippen LogP contribution in [0, 0.1) is 0 Å². The van der Waals surface area contributed by atoms with Crippen molar-refractivity contribution in [1.82, 2.24) is 20.3 Å². The predicted molar refractivity (Wildman–Crippen MR) is 96.1 cm³/mol. The maximum absolute atomic E-state index is 12.4. The smallest absolute Gasteiger partial charge is 0.251 e. The van der Waals surface area contributed by atoms with Crippen molar-refractivity contribution in [2.24, 2.45) is 0 Å². The number of benzene rings is 2. The number of nitrogens with one attached hydrogen (secondary N) is 2. The first-order valence-electron chi connectivity index (χ1n) is 7.91. The quantitative estimate of drug-likeness (QED) is 0.561. The van der Waals surface area contributed by atoms with Gasteiger partial charge in [0.2, 0.25) is 0 Å². The minimum absolute atomic E-state index is 0.0903. The van der Waals surface area contributed by atoms with Crippen LogP contribution < -0.4 is 5.32 Å². The fraction of sp³-hybridized carbons (Fsp3) is 0.211. The molecule has 0 radical (unpaired) electrons. The summed E-state index contributed by atoms with van der Waals surface area (Å²) in [6, 6.07) is 13.4. The van der Waals surface area contributed by atoms with Gasteiger partial charge in [0.1, 0.15) is 5.52 Å². The second kappa shape index (κ2) is 5.03. The molecule has 5 nitrogen and oxygen atoms in total. The van der Waals surface area contributed by atoms with Crippen LogP contribution in [0.3, 0.4) is 0 Å². The Morgan fingerprint density at radius 3 is 2.46 bits per heavy atom. The van der Waals surface area contributed by atoms with Gasteiger partial charge in [-0.25, -0.2) is 9.97 Å². The van der Waals surface area contributed by atoms with E-state index < -0.39 is 0 Å². The molecule has 5 heteroatoms. The molecule has 0 unspecified atom stereocenters. The normalized spacial score (nSPS) is 12.1. The van der Waals surface area contributed by atoms with Gasteiger partial charge in [0.15, 0.2) is 5.65 Å². The van der Waals surface area contributed by atoms with Crippen LogP contribution in [0.1, 0.15) is 31.1 Å². The first kappa shape index (κ1) is 14.6. The number of rotatable bonds is 1. The molecule has 24 heavy (non-hydrogen) atoms. The van der Waals surface area contributed by atoms with Gasteiger partial charge in [-0.1, -0.05) is 12.1 Å². The van der Waals surface area contributed by atoms with Crippen molar-refractivity contribution in [1.29, 1.82) is 0 Å². The molecule has 0 aliphatic rings. The van der Waals surface area contributed by atoms with Gasteiger partial charge in [0, 0.05) is 22.0 Å². The summed E-state index contributed by atoms with van der Waals surface area (Å²) < 4.78 is 0. The lowest BCUT2D eigenvalue weighted by Gasteiger charge is -2.20. The van der Waals surface area contributed by atoms with Gasteiger partial charge in [-0.2, -0.15) is 0 Å². The highest BCUT2D eigenvalue weighted by molar-refractivity contribution is 6.08. The van der Waals surface area contributed by atoms with E-state index in [1.54, 1.807) is 0 Å². The van der Waals surface area contributed by atoms with E-state index in [2.05, 4.69) is 15.3 Å². The molecule has 0 bridgehead atoms. The molecule has 2 heterocycles. The van der Waals surface area contributed by atoms with Gasteiger partial charge in [-0.3, -0.25) is 4.79 Å². The molecule has 0 aliphatic carbocycles. The zero-order valence-corrected chi connectivity index (χ0v) is 13.8. The molecule has 0 saturated heterocycles. The fourth-order valence-corrected chi connectivity index (χ4v) is 2.81. The number of para-hydroxylation sites is 2. The van der Waals surface area contributed by atoms with Crippen molar-refractivity contribution in [3.63, 3.8) is 0 Å². The van der Waals surface area contributed by atoms with Crippen molar-refractivity contribution in [3.05, 3.63) is 48.0 Å².